The summed E-state index contributed by atoms with van der Waals surface area (Å²) >= 11 is 5.73. The maximum atomic E-state index is 13.1. The molecule has 1 unspecified atom stereocenters. The molecule has 0 aliphatic carbocycles. The molecule has 5 nitrogen and oxygen atoms in total. The average molecular weight is 411 g/mol. The van der Waals surface area contributed by atoms with Crippen LogP contribution in [0.4, 0.5) is 14.5 Å². The van der Waals surface area contributed by atoms with Gasteiger partial charge in [0.2, 0.25) is 11.8 Å². The molecule has 0 spiro atoms. The number of carbonyl (C=O) groups is 2. The topological polar surface area (TPSA) is 92.4 Å². The molecule has 2 amide bonds. The van der Waals surface area contributed by atoms with Gasteiger partial charge in [0.1, 0.15) is 11.6 Å². The van der Waals surface area contributed by atoms with Gasteiger partial charge in [-0.15, -0.1) is 0 Å². The number of hydrogen-bond donors (Lipinski definition) is 3. The van der Waals surface area contributed by atoms with Crippen LogP contribution in [0.3, 0.4) is 0 Å². The zero-order chi connectivity index (χ0) is 20.8. The lowest BCUT2D eigenvalue weighted by Crippen LogP contribution is -2.13. The fourth-order valence-electron chi connectivity index (χ4n) is 2.84. The molecule has 1 aliphatic rings. The van der Waals surface area contributed by atoms with Crippen molar-refractivity contribution in [1.29, 1.82) is 0 Å². The molecule has 0 radical (unpaired) electrons. The highest BCUT2D eigenvalue weighted by Gasteiger charge is 2.25. The van der Waals surface area contributed by atoms with Gasteiger partial charge in [-0.2, -0.15) is 0 Å². The van der Waals surface area contributed by atoms with Crippen molar-refractivity contribution >= 4 is 29.1 Å². The van der Waals surface area contributed by atoms with Gasteiger partial charge in [0, 0.05) is 16.7 Å². The summed E-state index contributed by atoms with van der Waals surface area (Å²) in [4.78, 5) is 21.9. The molecule has 1 heterocycles. The van der Waals surface area contributed by atoms with Crippen LogP contribution in [0.15, 0.2) is 30.3 Å². The Hall–Kier alpha value is -2.51. The quantitative estimate of drug-likeness (QED) is 0.692. The van der Waals surface area contributed by atoms with E-state index < -0.39 is 23.6 Å². The molecule has 0 fully saturated rings. The molecule has 0 saturated heterocycles. The van der Waals surface area contributed by atoms with Crippen molar-refractivity contribution in [3.05, 3.63) is 63.7 Å². The van der Waals surface area contributed by atoms with Crippen molar-refractivity contribution in [2.75, 3.05) is 5.32 Å². The summed E-state index contributed by atoms with van der Waals surface area (Å²) in [6, 6.07) is 6.91. The Bertz CT molecular complexity index is 890. The molecule has 1 atom stereocenters. The predicted octanol–water partition coefficient (Wildman–Crippen LogP) is 4.12. The number of aliphatic hydroxyl groups excluding tert-OH is 1. The van der Waals surface area contributed by atoms with E-state index in [2.05, 4.69) is 5.32 Å². The lowest BCUT2D eigenvalue weighted by molar-refractivity contribution is -0.115. The van der Waals surface area contributed by atoms with Gasteiger partial charge in [-0.1, -0.05) is 43.5 Å². The molecular formula is C20H21ClF2N2O3. The fourth-order valence-corrected chi connectivity index (χ4v) is 3.10. The molecule has 4 N–H and O–H groups in total. The number of carbonyl (C=O) groups excluding carboxylic acids is 2. The lowest BCUT2D eigenvalue weighted by Gasteiger charge is -2.12. The predicted molar refractivity (Wildman–Crippen MR) is 103 cm³/mol. The SMILES string of the molecule is CCCCC(O)c1cccc(F)c1Cl.NC(=O)c1ccc(F)c2c1CC(=O)N2. The van der Waals surface area contributed by atoms with Crippen LogP contribution in [0.1, 0.15) is 53.8 Å². The average Bonchev–Trinajstić information content (AvgIpc) is 3.04. The van der Waals surface area contributed by atoms with Gasteiger partial charge in [-0.3, -0.25) is 9.59 Å². The third kappa shape index (κ3) is 5.05. The van der Waals surface area contributed by atoms with E-state index in [1.807, 2.05) is 6.92 Å². The Kier molecular flexibility index (Phi) is 7.48. The van der Waals surface area contributed by atoms with Crippen LogP contribution in [-0.2, 0) is 11.2 Å². The van der Waals surface area contributed by atoms with Gasteiger partial charge in [0.15, 0.2) is 0 Å². The number of fused-ring (bicyclic) bond motifs is 1. The van der Waals surface area contributed by atoms with E-state index in [1.165, 1.54) is 12.1 Å². The number of benzene rings is 2. The van der Waals surface area contributed by atoms with E-state index in [4.69, 9.17) is 17.3 Å². The second-order valence-corrected chi connectivity index (χ2v) is 6.72. The van der Waals surface area contributed by atoms with E-state index in [1.54, 1.807) is 12.1 Å². The minimum atomic E-state index is -0.655. The molecule has 1 aliphatic heterocycles. The van der Waals surface area contributed by atoms with E-state index in [0.29, 0.717) is 17.5 Å². The molecule has 0 bridgehead atoms. The minimum Gasteiger partial charge on any atom is -0.388 e. The first-order valence-corrected chi connectivity index (χ1v) is 9.17. The number of aliphatic hydroxyl groups is 1. The van der Waals surface area contributed by atoms with Crippen LogP contribution in [0.2, 0.25) is 5.02 Å². The van der Waals surface area contributed by atoms with E-state index >= 15 is 0 Å². The third-order valence-electron chi connectivity index (χ3n) is 4.30. The molecular weight excluding hydrogens is 390 g/mol. The number of anilines is 1. The van der Waals surface area contributed by atoms with Crippen LogP contribution in [0.25, 0.3) is 0 Å². The Morgan fingerprint density at radius 1 is 1.29 bits per heavy atom. The third-order valence-corrected chi connectivity index (χ3v) is 4.70. The van der Waals surface area contributed by atoms with E-state index in [0.717, 1.165) is 18.9 Å². The molecule has 8 heteroatoms. The number of halogens is 3. The number of nitrogens with one attached hydrogen (secondary N) is 1. The second-order valence-electron chi connectivity index (χ2n) is 6.34. The van der Waals surface area contributed by atoms with Crippen molar-refractivity contribution in [3.8, 4) is 0 Å². The van der Waals surface area contributed by atoms with Crippen molar-refractivity contribution < 1.29 is 23.5 Å². The van der Waals surface area contributed by atoms with Crippen molar-refractivity contribution in [2.24, 2.45) is 5.73 Å². The first-order valence-electron chi connectivity index (χ1n) is 8.79. The zero-order valence-corrected chi connectivity index (χ0v) is 16.0. The summed E-state index contributed by atoms with van der Waals surface area (Å²) in [5.41, 5.74) is 6.19. The van der Waals surface area contributed by atoms with Gasteiger partial charge in [0.25, 0.3) is 0 Å². The Morgan fingerprint density at radius 2 is 2.00 bits per heavy atom. The lowest BCUT2D eigenvalue weighted by atomic mass is 10.0. The maximum absolute atomic E-state index is 13.1. The molecule has 150 valence electrons. The molecule has 2 aromatic rings. The van der Waals surface area contributed by atoms with Gasteiger partial charge in [-0.05, 0) is 24.6 Å². The fraction of sp³-hybridized carbons (Fsp3) is 0.300. The summed E-state index contributed by atoms with van der Waals surface area (Å²) in [6.07, 6.45) is 1.89. The van der Waals surface area contributed by atoms with Crippen molar-refractivity contribution in [3.63, 3.8) is 0 Å². The standard InChI is InChI=1S/C11H14ClFO.C9H7FN2O2/c1-2-3-7-10(14)8-5-4-6-9(13)11(8)12;10-6-2-1-4(9(11)14)5-3-7(13)12-8(5)6/h4-6,10,14H,2-3,7H2,1H3;1-2H,3H2,(H2,11,14)(H,12,13). The number of amides is 2. The van der Waals surface area contributed by atoms with E-state index in [9.17, 15) is 23.5 Å². The van der Waals surface area contributed by atoms with Crippen LogP contribution < -0.4 is 11.1 Å². The molecule has 2 aromatic carbocycles. The monoisotopic (exact) mass is 410 g/mol. The smallest absolute Gasteiger partial charge is 0.249 e. The highest BCUT2D eigenvalue weighted by atomic mass is 35.5. The Labute approximate surface area is 166 Å². The van der Waals surface area contributed by atoms with Gasteiger partial charge in [-0.25, -0.2) is 8.78 Å². The summed E-state index contributed by atoms with van der Waals surface area (Å²) in [6.45, 7) is 2.04. The number of nitrogens with two attached hydrogens (primary N) is 1. The van der Waals surface area contributed by atoms with Crippen LogP contribution in [0, 0.1) is 11.6 Å². The summed E-state index contributed by atoms with van der Waals surface area (Å²) in [5, 5.41) is 12.1. The number of rotatable bonds is 5. The van der Waals surface area contributed by atoms with Crippen molar-refractivity contribution in [2.45, 2.75) is 38.7 Å². The number of unbranched alkanes of at least 4 members (excludes halogenated alkanes) is 1. The highest BCUT2D eigenvalue weighted by molar-refractivity contribution is 6.31. The highest BCUT2D eigenvalue weighted by Crippen LogP contribution is 2.29. The molecule has 28 heavy (non-hydrogen) atoms. The van der Waals surface area contributed by atoms with E-state index in [-0.39, 0.29) is 28.6 Å². The second kappa shape index (κ2) is 9.61. The normalized spacial score (nSPS) is 13.2. The molecule has 0 saturated carbocycles. The van der Waals surface area contributed by atoms with Gasteiger partial charge in [0.05, 0.1) is 23.2 Å². The minimum absolute atomic E-state index is 0.00532. The first-order chi connectivity index (χ1) is 13.3. The molecule has 0 aromatic heterocycles. The first kappa shape index (κ1) is 21.8. The van der Waals surface area contributed by atoms with Crippen LogP contribution in [0.5, 0.6) is 0 Å². The van der Waals surface area contributed by atoms with Gasteiger partial charge < -0.3 is 16.2 Å². The van der Waals surface area contributed by atoms with Gasteiger partial charge >= 0.3 is 0 Å². The van der Waals surface area contributed by atoms with Crippen LogP contribution >= 0.6 is 11.6 Å². The Balaban J connectivity index is 0.000000200. The van der Waals surface area contributed by atoms with Crippen LogP contribution in [-0.4, -0.2) is 16.9 Å². The maximum Gasteiger partial charge on any atom is 0.249 e. The summed E-state index contributed by atoms with van der Waals surface area (Å²) in [5.74, 6) is -2.00. The zero-order valence-electron chi connectivity index (χ0n) is 15.3. The summed E-state index contributed by atoms with van der Waals surface area (Å²) in [7, 11) is 0. The number of primary amides is 1. The van der Waals surface area contributed by atoms with Crippen molar-refractivity contribution in [1.82, 2.24) is 0 Å². The Morgan fingerprint density at radius 3 is 2.64 bits per heavy atom. The largest absolute Gasteiger partial charge is 0.388 e. The molecule has 3 rings (SSSR count). The number of hydrogen-bond acceptors (Lipinski definition) is 3. The summed E-state index contributed by atoms with van der Waals surface area (Å²) < 4.78 is 26.2.